The van der Waals surface area contributed by atoms with Crippen LogP contribution in [0, 0.1) is 5.92 Å². The highest BCUT2D eigenvalue weighted by Crippen LogP contribution is 2.15. The fourth-order valence-electron chi connectivity index (χ4n) is 2.85. The summed E-state index contributed by atoms with van der Waals surface area (Å²) in [5.74, 6) is 0.533. The molecule has 0 radical (unpaired) electrons. The number of thioether (sulfide) groups is 1. The Balaban J connectivity index is 2.67. The molecule has 0 saturated carbocycles. The lowest BCUT2D eigenvalue weighted by Gasteiger charge is -2.25. The van der Waals surface area contributed by atoms with Crippen molar-refractivity contribution in [1.82, 2.24) is 15.3 Å². The van der Waals surface area contributed by atoms with Gasteiger partial charge in [0.25, 0.3) is 0 Å². The van der Waals surface area contributed by atoms with Crippen molar-refractivity contribution in [2.24, 2.45) is 5.92 Å². The van der Waals surface area contributed by atoms with Crippen LogP contribution < -0.4 is 5.32 Å². The van der Waals surface area contributed by atoms with Gasteiger partial charge in [-0.25, -0.2) is 5.06 Å². The highest BCUT2D eigenvalue weighted by atomic mass is 32.2. The van der Waals surface area contributed by atoms with Gasteiger partial charge in [0.15, 0.2) is 0 Å². The van der Waals surface area contributed by atoms with E-state index in [2.05, 4.69) is 17.4 Å². The Hall–Kier alpha value is -2.06. The SMILES string of the molecule is CCCC[C@H](CN(O)C=O)C(=O)N[C@@H](CCSCc1ccccc1)C(=O)N(C)C. The van der Waals surface area contributed by atoms with Crippen LogP contribution in [0.5, 0.6) is 0 Å². The predicted molar refractivity (Wildman–Crippen MR) is 115 cm³/mol. The maximum atomic E-state index is 12.7. The zero-order valence-electron chi connectivity index (χ0n) is 17.5. The second kappa shape index (κ2) is 14.0. The number of carbonyl (C=O) groups excluding carboxylic acids is 3. The van der Waals surface area contributed by atoms with Gasteiger partial charge in [-0.1, -0.05) is 50.1 Å². The summed E-state index contributed by atoms with van der Waals surface area (Å²) in [4.78, 5) is 37.5. The van der Waals surface area contributed by atoms with E-state index in [1.807, 2.05) is 25.1 Å². The van der Waals surface area contributed by atoms with Crippen molar-refractivity contribution in [3.8, 4) is 0 Å². The number of nitrogens with zero attached hydrogens (tertiary/aromatic N) is 2. The van der Waals surface area contributed by atoms with Gasteiger partial charge in [0.2, 0.25) is 18.2 Å². The van der Waals surface area contributed by atoms with Crippen molar-refractivity contribution in [1.29, 1.82) is 0 Å². The largest absolute Gasteiger partial charge is 0.347 e. The number of rotatable bonds is 14. The first-order chi connectivity index (χ1) is 13.9. The van der Waals surface area contributed by atoms with E-state index in [1.165, 1.54) is 10.5 Å². The maximum absolute atomic E-state index is 12.7. The number of unbranched alkanes of at least 4 members (excludes halogenated alkanes) is 1. The third-order valence-corrected chi connectivity index (χ3v) is 5.59. The van der Waals surface area contributed by atoms with Crippen molar-refractivity contribution < 1.29 is 19.6 Å². The molecule has 0 aliphatic heterocycles. The van der Waals surface area contributed by atoms with E-state index in [9.17, 15) is 19.6 Å². The molecule has 0 spiro atoms. The lowest BCUT2D eigenvalue weighted by atomic mass is 10.00. The summed E-state index contributed by atoms with van der Waals surface area (Å²) in [6.07, 6.45) is 3.03. The number of hydrogen-bond acceptors (Lipinski definition) is 5. The van der Waals surface area contributed by atoms with Crippen molar-refractivity contribution in [3.63, 3.8) is 0 Å². The number of hydrogen-bond donors (Lipinski definition) is 2. The lowest BCUT2D eigenvalue weighted by Crippen LogP contribution is -2.49. The summed E-state index contributed by atoms with van der Waals surface area (Å²) < 4.78 is 0. The average molecular weight is 424 g/mol. The van der Waals surface area contributed by atoms with E-state index < -0.39 is 12.0 Å². The summed E-state index contributed by atoms with van der Waals surface area (Å²) in [5, 5.41) is 12.8. The quantitative estimate of drug-likeness (QED) is 0.208. The van der Waals surface area contributed by atoms with Crippen LogP contribution in [0.1, 0.15) is 38.2 Å². The highest BCUT2D eigenvalue weighted by Gasteiger charge is 2.27. The molecule has 0 saturated heterocycles. The van der Waals surface area contributed by atoms with Gasteiger partial charge in [-0.2, -0.15) is 11.8 Å². The standard InChI is InChI=1S/C21H33N3O4S/c1-4-5-11-18(14-24(28)16-25)20(26)22-19(21(27)23(2)3)12-13-29-15-17-9-7-6-8-10-17/h6-10,16,18-19,28H,4-5,11-15H2,1-3H3,(H,22,26)/t18-,19+/m1/s1. The molecule has 8 heteroatoms. The fourth-order valence-corrected chi connectivity index (χ4v) is 3.82. The van der Waals surface area contributed by atoms with Crippen molar-refractivity contribution >= 4 is 30.0 Å². The van der Waals surface area contributed by atoms with Crippen LogP contribution in [-0.4, -0.2) is 65.8 Å². The Kier molecular flexibility index (Phi) is 12.1. The van der Waals surface area contributed by atoms with E-state index in [0.29, 0.717) is 17.9 Å². The molecule has 0 unspecified atom stereocenters. The van der Waals surface area contributed by atoms with Crippen LogP contribution in [0.4, 0.5) is 0 Å². The first kappa shape index (κ1) is 25.0. The Labute approximate surface area is 177 Å². The zero-order chi connectivity index (χ0) is 21.6. The number of hydroxylamine groups is 2. The second-order valence-corrected chi connectivity index (χ2v) is 8.29. The average Bonchev–Trinajstić information content (AvgIpc) is 2.72. The van der Waals surface area contributed by atoms with E-state index in [0.717, 1.165) is 24.3 Å². The topological polar surface area (TPSA) is 90.0 Å². The van der Waals surface area contributed by atoms with Crippen LogP contribution in [-0.2, 0) is 20.1 Å². The molecule has 2 atom stereocenters. The first-order valence-corrected chi connectivity index (χ1v) is 11.1. The molecule has 0 aliphatic rings. The van der Waals surface area contributed by atoms with Crippen LogP contribution in [0.2, 0.25) is 0 Å². The predicted octanol–water partition coefficient (Wildman–Crippen LogP) is 2.54. The molecule has 0 bridgehead atoms. The Morgan fingerprint density at radius 1 is 1.21 bits per heavy atom. The molecule has 7 nitrogen and oxygen atoms in total. The number of nitrogens with one attached hydrogen (secondary N) is 1. The maximum Gasteiger partial charge on any atom is 0.244 e. The highest BCUT2D eigenvalue weighted by molar-refractivity contribution is 7.98. The van der Waals surface area contributed by atoms with E-state index >= 15 is 0 Å². The lowest BCUT2D eigenvalue weighted by molar-refractivity contribution is -0.155. The molecule has 1 aromatic rings. The van der Waals surface area contributed by atoms with Crippen LogP contribution >= 0.6 is 11.8 Å². The summed E-state index contributed by atoms with van der Waals surface area (Å²) >= 11 is 1.71. The molecular formula is C21H33N3O4S. The number of amides is 3. The van der Waals surface area contributed by atoms with E-state index in [-0.39, 0.29) is 24.8 Å². The number of benzene rings is 1. The van der Waals surface area contributed by atoms with Crippen LogP contribution in [0.3, 0.4) is 0 Å². The van der Waals surface area contributed by atoms with Crippen molar-refractivity contribution in [2.75, 3.05) is 26.4 Å². The van der Waals surface area contributed by atoms with Crippen molar-refractivity contribution in [2.45, 2.75) is 44.4 Å². The van der Waals surface area contributed by atoms with Gasteiger partial charge in [0, 0.05) is 19.8 Å². The number of likely N-dealkylation sites (N-methyl/N-ethyl adjacent to an activating group) is 1. The Morgan fingerprint density at radius 2 is 1.90 bits per heavy atom. The van der Waals surface area contributed by atoms with Gasteiger partial charge >= 0.3 is 0 Å². The normalized spacial score (nSPS) is 12.7. The van der Waals surface area contributed by atoms with Crippen molar-refractivity contribution in [3.05, 3.63) is 35.9 Å². The van der Waals surface area contributed by atoms with Gasteiger partial charge < -0.3 is 10.2 Å². The molecule has 0 fully saturated rings. The third kappa shape index (κ3) is 9.80. The van der Waals surface area contributed by atoms with E-state index in [4.69, 9.17) is 0 Å². The third-order valence-electron chi connectivity index (χ3n) is 4.52. The Morgan fingerprint density at radius 3 is 2.48 bits per heavy atom. The van der Waals surface area contributed by atoms with Gasteiger partial charge in [0.05, 0.1) is 12.5 Å². The van der Waals surface area contributed by atoms with Gasteiger partial charge in [-0.15, -0.1) is 0 Å². The van der Waals surface area contributed by atoms with Crippen LogP contribution in [0.25, 0.3) is 0 Å². The molecule has 3 amide bonds. The molecule has 0 aromatic heterocycles. The zero-order valence-corrected chi connectivity index (χ0v) is 18.4. The molecule has 0 aliphatic carbocycles. The van der Waals surface area contributed by atoms with Gasteiger partial charge in [-0.05, 0) is 24.2 Å². The minimum atomic E-state index is -0.631. The molecule has 1 rings (SSSR count). The van der Waals surface area contributed by atoms with E-state index in [1.54, 1.807) is 25.9 Å². The smallest absolute Gasteiger partial charge is 0.244 e. The summed E-state index contributed by atoms with van der Waals surface area (Å²) in [7, 11) is 3.32. The minimum absolute atomic E-state index is 0.0824. The first-order valence-electron chi connectivity index (χ1n) is 9.93. The fraction of sp³-hybridized carbons (Fsp3) is 0.571. The summed E-state index contributed by atoms with van der Waals surface area (Å²) in [6.45, 7) is 1.93. The monoisotopic (exact) mass is 423 g/mol. The van der Waals surface area contributed by atoms with Gasteiger partial charge in [-0.3, -0.25) is 19.6 Å². The van der Waals surface area contributed by atoms with Gasteiger partial charge in [0.1, 0.15) is 6.04 Å². The molecule has 1 aromatic carbocycles. The molecule has 2 N–H and O–H groups in total. The van der Waals surface area contributed by atoms with Crippen LogP contribution in [0.15, 0.2) is 30.3 Å². The summed E-state index contributed by atoms with van der Waals surface area (Å²) in [5.41, 5.74) is 1.22. The Bertz CT molecular complexity index is 628. The molecular weight excluding hydrogens is 390 g/mol. The number of carbonyl (C=O) groups is 3. The minimum Gasteiger partial charge on any atom is -0.347 e. The second-order valence-electron chi connectivity index (χ2n) is 7.19. The molecule has 162 valence electrons. The summed E-state index contributed by atoms with van der Waals surface area (Å²) in [6, 6.07) is 9.45. The molecule has 29 heavy (non-hydrogen) atoms. The molecule has 0 heterocycles.